The van der Waals surface area contributed by atoms with Gasteiger partial charge in [0.15, 0.2) is 5.82 Å². The lowest BCUT2D eigenvalue weighted by molar-refractivity contribution is 0.0377. The number of rotatable bonds is 4. The zero-order valence-corrected chi connectivity index (χ0v) is 14.2. The zero-order valence-electron chi connectivity index (χ0n) is 14.2. The molecule has 3 rings (SSSR count). The molecule has 7 heteroatoms. The van der Waals surface area contributed by atoms with E-state index in [0.717, 1.165) is 5.56 Å². The maximum Gasteiger partial charge on any atom is 0.339 e. The van der Waals surface area contributed by atoms with Gasteiger partial charge in [0, 0.05) is 6.20 Å². The summed E-state index contributed by atoms with van der Waals surface area (Å²) < 4.78 is 6.38. The van der Waals surface area contributed by atoms with Crippen LogP contribution >= 0.6 is 0 Å². The number of benzene rings is 1. The van der Waals surface area contributed by atoms with Gasteiger partial charge in [0.25, 0.3) is 0 Å². The van der Waals surface area contributed by atoms with Crippen molar-refractivity contribution in [2.75, 3.05) is 0 Å². The first kappa shape index (κ1) is 17.2. The molecular weight excluding hydrogens is 332 g/mol. The topological polar surface area (TPSA) is 101 Å². The van der Waals surface area contributed by atoms with Gasteiger partial charge in [-0.3, -0.25) is 0 Å². The van der Waals surface area contributed by atoms with Crippen molar-refractivity contribution in [3.63, 3.8) is 0 Å². The second-order valence-electron chi connectivity index (χ2n) is 5.84. The van der Waals surface area contributed by atoms with Crippen LogP contribution in [0.4, 0.5) is 0 Å². The van der Waals surface area contributed by atoms with Crippen molar-refractivity contribution < 1.29 is 14.6 Å². The van der Waals surface area contributed by atoms with Gasteiger partial charge in [0.2, 0.25) is 5.88 Å². The summed E-state index contributed by atoms with van der Waals surface area (Å²) in [4.78, 5) is 16.0. The summed E-state index contributed by atoms with van der Waals surface area (Å²) >= 11 is 0. The van der Waals surface area contributed by atoms with Crippen LogP contribution in [0.5, 0.6) is 5.88 Å². The largest absolute Gasteiger partial charge is 0.493 e. The summed E-state index contributed by atoms with van der Waals surface area (Å²) in [5.74, 6) is -0.176. The molecule has 0 bridgehead atoms. The molecule has 2 aromatic heterocycles. The smallest absolute Gasteiger partial charge is 0.339 e. The fraction of sp³-hybridized carbons (Fsp3) is 0.158. The Kier molecular flexibility index (Phi) is 4.67. The van der Waals surface area contributed by atoms with Gasteiger partial charge in [0.1, 0.15) is 0 Å². The Hall–Kier alpha value is -3.66. The molecule has 0 aliphatic carbocycles. The highest BCUT2D eigenvalue weighted by molar-refractivity contribution is 5.89. The number of aromatic nitrogens is 3. The van der Waals surface area contributed by atoms with Gasteiger partial charge in [-0.2, -0.15) is 15.0 Å². The van der Waals surface area contributed by atoms with Crippen LogP contribution in [0.25, 0.3) is 16.9 Å². The Morgan fingerprint density at radius 1 is 1.19 bits per heavy atom. The number of carbonyl (C=O) groups is 1. The first-order valence-corrected chi connectivity index (χ1v) is 7.94. The predicted molar refractivity (Wildman–Crippen MR) is 93.7 cm³/mol. The number of hydrogen-bond acceptors (Lipinski definition) is 6. The minimum atomic E-state index is -0.456. The van der Waals surface area contributed by atoms with Crippen molar-refractivity contribution in [1.82, 2.24) is 14.8 Å². The summed E-state index contributed by atoms with van der Waals surface area (Å²) in [6.45, 7) is 3.54. The van der Waals surface area contributed by atoms with E-state index in [9.17, 15) is 9.90 Å². The molecule has 1 aromatic carbocycles. The highest BCUT2D eigenvalue weighted by Crippen LogP contribution is 2.30. The number of ether oxygens (including phenoxy) is 1. The Balaban J connectivity index is 1.87. The van der Waals surface area contributed by atoms with Crippen LogP contribution in [0.3, 0.4) is 0 Å². The van der Waals surface area contributed by atoms with Crippen molar-refractivity contribution in [1.29, 1.82) is 5.26 Å². The third kappa shape index (κ3) is 3.39. The molecule has 0 atom stereocenters. The third-order valence-electron chi connectivity index (χ3n) is 3.61. The molecule has 0 aliphatic heterocycles. The Labute approximate surface area is 150 Å². The van der Waals surface area contributed by atoms with Crippen LogP contribution in [0.15, 0.2) is 48.8 Å². The van der Waals surface area contributed by atoms with E-state index in [1.807, 2.05) is 6.07 Å². The van der Waals surface area contributed by atoms with Crippen LogP contribution in [0, 0.1) is 11.3 Å². The van der Waals surface area contributed by atoms with Crippen LogP contribution < -0.4 is 0 Å². The van der Waals surface area contributed by atoms with Crippen LogP contribution in [-0.4, -0.2) is 31.9 Å². The molecule has 0 unspecified atom stereocenters. The molecule has 0 saturated heterocycles. The maximum atomic E-state index is 11.9. The molecule has 3 aromatic rings. The third-order valence-corrected chi connectivity index (χ3v) is 3.61. The van der Waals surface area contributed by atoms with E-state index >= 15 is 0 Å². The van der Waals surface area contributed by atoms with Crippen molar-refractivity contribution in [3.8, 4) is 28.9 Å². The second kappa shape index (κ2) is 7.07. The molecule has 7 nitrogen and oxygen atoms in total. The summed E-state index contributed by atoms with van der Waals surface area (Å²) in [5.41, 5.74) is 2.09. The van der Waals surface area contributed by atoms with E-state index in [0.29, 0.717) is 22.5 Å². The molecule has 0 spiro atoms. The van der Waals surface area contributed by atoms with Crippen LogP contribution in [-0.2, 0) is 4.74 Å². The lowest BCUT2D eigenvalue weighted by atomic mass is 10.1. The fourth-order valence-corrected chi connectivity index (χ4v) is 2.35. The zero-order chi connectivity index (χ0) is 18.7. The highest BCUT2D eigenvalue weighted by Gasteiger charge is 2.15. The Bertz CT molecular complexity index is 968. The number of nitriles is 1. The number of hydrogen-bond donors (Lipinski definition) is 1. The van der Waals surface area contributed by atoms with Crippen molar-refractivity contribution >= 4 is 5.97 Å². The summed E-state index contributed by atoms with van der Waals surface area (Å²) in [6.07, 6.45) is 2.68. The minimum Gasteiger partial charge on any atom is -0.493 e. The molecule has 130 valence electrons. The first-order chi connectivity index (χ1) is 12.5. The number of carbonyl (C=O) groups excluding carboxylic acids is 1. The Morgan fingerprint density at radius 2 is 1.92 bits per heavy atom. The summed E-state index contributed by atoms with van der Waals surface area (Å²) in [6, 6.07) is 12.0. The van der Waals surface area contributed by atoms with E-state index in [2.05, 4.69) is 10.1 Å². The summed E-state index contributed by atoms with van der Waals surface area (Å²) in [5, 5.41) is 23.5. The monoisotopic (exact) mass is 348 g/mol. The van der Waals surface area contributed by atoms with Gasteiger partial charge in [-0.05, 0) is 43.7 Å². The van der Waals surface area contributed by atoms with Gasteiger partial charge in [-0.15, -0.1) is 0 Å². The fourth-order valence-electron chi connectivity index (χ4n) is 2.35. The molecule has 0 amide bonds. The average molecular weight is 348 g/mol. The SMILES string of the molecule is CC(C)OC(=O)c1ccc(-n2ncc(-c3ccc(C#N)cc3)c2O)nc1. The van der Waals surface area contributed by atoms with E-state index in [1.54, 1.807) is 50.2 Å². The quantitative estimate of drug-likeness (QED) is 0.727. The van der Waals surface area contributed by atoms with E-state index in [4.69, 9.17) is 10.00 Å². The molecule has 0 saturated carbocycles. The predicted octanol–water partition coefficient (Wildman–Crippen LogP) is 3.08. The first-order valence-electron chi connectivity index (χ1n) is 7.94. The van der Waals surface area contributed by atoms with Crippen molar-refractivity contribution in [2.45, 2.75) is 20.0 Å². The van der Waals surface area contributed by atoms with Gasteiger partial charge < -0.3 is 9.84 Å². The maximum absolute atomic E-state index is 11.9. The lowest BCUT2D eigenvalue weighted by Gasteiger charge is -2.08. The summed E-state index contributed by atoms with van der Waals surface area (Å²) in [7, 11) is 0. The number of esters is 1. The highest BCUT2D eigenvalue weighted by atomic mass is 16.5. The molecule has 0 fully saturated rings. The van der Waals surface area contributed by atoms with Crippen molar-refractivity contribution in [2.24, 2.45) is 0 Å². The average Bonchev–Trinajstić information content (AvgIpc) is 3.03. The van der Waals surface area contributed by atoms with Crippen LogP contribution in [0.2, 0.25) is 0 Å². The molecule has 0 aliphatic rings. The van der Waals surface area contributed by atoms with Crippen LogP contribution in [0.1, 0.15) is 29.8 Å². The van der Waals surface area contributed by atoms with E-state index in [1.165, 1.54) is 17.1 Å². The van der Waals surface area contributed by atoms with Gasteiger partial charge in [0.05, 0.1) is 35.1 Å². The minimum absolute atomic E-state index is 0.0836. The van der Waals surface area contributed by atoms with Gasteiger partial charge in [-0.25, -0.2) is 9.78 Å². The molecule has 2 heterocycles. The van der Waals surface area contributed by atoms with Crippen molar-refractivity contribution in [3.05, 3.63) is 59.9 Å². The Morgan fingerprint density at radius 3 is 2.50 bits per heavy atom. The molecule has 26 heavy (non-hydrogen) atoms. The molecular formula is C19H16N4O3. The standard InChI is InChI=1S/C19H16N4O3/c1-12(2)26-19(25)15-7-8-17(21-10-15)23-18(24)16(11-22-23)14-5-3-13(9-20)4-6-14/h3-8,10-12,24H,1-2H3. The van der Waals surface area contributed by atoms with E-state index < -0.39 is 5.97 Å². The lowest BCUT2D eigenvalue weighted by Crippen LogP contribution is -2.12. The number of aromatic hydroxyl groups is 1. The normalized spacial score (nSPS) is 10.5. The van der Waals surface area contributed by atoms with E-state index in [-0.39, 0.29) is 12.0 Å². The van der Waals surface area contributed by atoms with Gasteiger partial charge in [-0.1, -0.05) is 12.1 Å². The number of nitrogens with zero attached hydrogens (tertiary/aromatic N) is 4. The number of pyridine rings is 1. The van der Waals surface area contributed by atoms with Gasteiger partial charge >= 0.3 is 5.97 Å². The second-order valence-corrected chi connectivity index (χ2v) is 5.84. The molecule has 0 radical (unpaired) electrons. The molecule has 1 N–H and O–H groups in total.